The Morgan fingerprint density at radius 1 is 0.969 bits per heavy atom. The van der Waals surface area contributed by atoms with Crippen molar-refractivity contribution in [3.63, 3.8) is 0 Å². The van der Waals surface area contributed by atoms with Gasteiger partial charge in [0, 0.05) is 69.2 Å². The summed E-state index contributed by atoms with van der Waals surface area (Å²) in [7, 11) is 5.73. The van der Waals surface area contributed by atoms with Crippen LogP contribution < -0.4 is 20.3 Å². The van der Waals surface area contributed by atoms with E-state index in [1.807, 2.05) is 68.4 Å². The fraction of sp³-hybridized carbons (Fsp3) is 0.360. The van der Waals surface area contributed by atoms with Crippen LogP contribution in [0.25, 0.3) is 10.9 Å². The number of hydrogen-bond acceptors (Lipinski definition) is 5. The Kier molecular flexibility index (Phi) is 6.19. The predicted octanol–water partition coefficient (Wildman–Crippen LogP) is 3.20. The van der Waals surface area contributed by atoms with Crippen molar-refractivity contribution < 1.29 is 9.53 Å². The van der Waals surface area contributed by atoms with Crippen LogP contribution in [-0.2, 0) is 11.3 Å². The second kappa shape index (κ2) is 9.04. The van der Waals surface area contributed by atoms with E-state index < -0.39 is 0 Å². The second-order valence-electron chi connectivity index (χ2n) is 8.22. The highest BCUT2D eigenvalue weighted by Crippen LogP contribution is 2.30. The highest BCUT2D eigenvalue weighted by atomic mass is 16.5. The van der Waals surface area contributed by atoms with Gasteiger partial charge in [0.05, 0.1) is 24.4 Å². The summed E-state index contributed by atoms with van der Waals surface area (Å²) in [5.41, 5.74) is 4.22. The third-order valence-corrected chi connectivity index (χ3v) is 6.06. The van der Waals surface area contributed by atoms with E-state index in [1.165, 1.54) is 0 Å². The number of carbonyl (C=O) groups excluding carboxylic acids is 1. The molecule has 1 aromatic heterocycles. The van der Waals surface area contributed by atoms with Gasteiger partial charge in [-0.3, -0.25) is 9.59 Å². The molecule has 3 aromatic rings. The molecule has 2 aromatic carbocycles. The Morgan fingerprint density at radius 3 is 2.25 bits per heavy atom. The molecule has 0 saturated carbocycles. The second-order valence-corrected chi connectivity index (χ2v) is 8.22. The molecule has 0 atom stereocenters. The van der Waals surface area contributed by atoms with Gasteiger partial charge in [-0.15, -0.1) is 0 Å². The lowest BCUT2D eigenvalue weighted by Gasteiger charge is -2.30. The van der Waals surface area contributed by atoms with Crippen molar-refractivity contribution in [3.8, 4) is 0 Å². The lowest BCUT2D eigenvalue weighted by Crippen LogP contribution is -2.37. The zero-order valence-corrected chi connectivity index (χ0v) is 19.2. The van der Waals surface area contributed by atoms with Gasteiger partial charge in [0.2, 0.25) is 0 Å². The molecule has 1 aliphatic rings. The minimum absolute atomic E-state index is 0.0142. The molecule has 0 aliphatic carbocycles. The maximum Gasteiger partial charge on any atom is 0.258 e. The van der Waals surface area contributed by atoms with E-state index in [0.29, 0.717) is 25.3 Å². The number of amides is 1. The van der Waals surface area contributed by atoms with Gasteiger partial charge in [-0.2, -0.15) is 0 Å². The molecule has 1 fully saturated rings. The number of anilines is 3. The molecular weight excluding hydrogens is 404 g/mol. The summed E-state index contributed by atoms with van der Waals surface area (Å²) in [6.07, 6.45) is 0. The van der Waals surface area contributed by atoms with Gasteiger partial charge in [0.15, 0.2) is 0 Å². The summed E-state index contributed by atoms with van der Waals surface area (Å²) >= 11 is 0. The monoisotopic (exact) mass is 434 g/mol. The fourth-order valence-corrected chi connectivity index (χ4v) is 4.17. The lowest BCUT2D eigenvalue weighted by atomic mass is 10.1. The van der Waals surface area contributed by atoms with Gasteiger partial charge in [0.25, 0.3) is 11.5 Å². The number of benzene rings is 2. The summed E-state index contributed by atoms with van der Waals surface area (Å²) in [4.78, 5) is 31.8. The zero-order valence-electron chi connectivity index (χ0n) is 19.2. The molecule has 0 N–H and O–H groups in total. The number of rotatable bonds is 5. The Hall–Kier alpha value is -3.32. The lowest BCUT2D eigenvalue weighted by molar-refractivity contribution is 0.0993. The van der Waals surface area contributed by atoms with Gasteiger partial charge in [0.1, 0.15) is 0 Å². The van der Waals surface area contributed by atoms with Crippen molar-refractivity contribution in [2.45, 2.75) is 13.5 Å². The average Bonchev–Trinajstić information content (AvgIpc) is 2.83. The standard InChI is InChI=1S/C25H30N4O3/c1-5-29-22-11-10-20(27(4)25(31)18-6-8-19(9-7-18)26(2)3)16-21(22)23(17-24(29)30)28-12-14-32-15-13-28/h6-11,16-17H,5,12-15H2,1-4H3. The summed E-state index contributed by atoms with van der Waals surface area (Å²) in [5.74, 6) is -0.0774. The number of fused-ring (bicyclic) bond motifs is 1. The first-order valence-electron chi connectivity index (χ1n) is 11.0. The number of morpholine rings is 1. The molecule has 2 heterocycles. The SMILES string of the molecule is CCn1c(=O)cc(N2CCOCC2)c2cc(N(C)C(=O)c3ccc(N(C)C)cc3)ccc21. The Labute approximate surface area is 188 Å². The van der Waals surface area contributed by atoms with Crippen LogP contribution in [-0.4, -0.2) is 57.9 Å². The molecule has 4 rings (SSSR count). The summed E-state index contributed by atoms with van der Waals surface area (Å²) in [5, 5.41) is 0.966. The molecule has 32 heavy (non-hydrogen) atoms. The Balaban J connectivity index is 1.75. The Bertz CT molecular complexity index is 1180. The van der Waals surface area contributed by atoms with Gasteiger partial charge < -0.3 is 24.0 Å². The van der Waals surface area contributed by atoms with Crippen LogP contribution in [0.2, 0.25) is 0 Å². The molecule has 7 heteroatoms. The van der Waals surface area contributed by atoms with Crippen molar-refractivity contribution in [2.24, 2.45) is 0 Å². The first kappa shape index (κ1) is 21.9. The van der Waals surface area contributed by atoms with E-state index in [9.17, 15) is 9.59 Å². The summed E-state index contributed by atoms with van der Waals surface area (Å²) in [6, 6.07) is 15.2. The quantitative estimate of drug-likeness (QED) is 0.617. The number of carbonyl (C=O) groups is 1. The number of pyridine rings is 1. The number of ether oxygens (including phenoxy) is 1. The maximum atomic E-state index is 13.2. The molecular formula is C25H30N4O3. The molecule has 0 bridgehead atoms. The van der Waals surface area contributed by atoms with Crippen molar-refractivity contribution in [3.05, 3.63) is 64.4 Å². The number of aryl methyl sites for hydroxylation is 1. The summed E-state index contributed by atoms with van der Waals surface area (Å²) in [6.45, 7) is 5.31. The topological polar surface area (TPSA) is 58.0 Å². The predicted molar refractivity (Wildman–Crippen MR) is 130 cm³/mol. The minimum Gasteiger partial charge on any atom is -0.378 e. The third kappa shape index (κ3) is 4.08. The van der Waals surface area contributed by atoms with Crippen LogP contribution in [0.5, 0.6) is 0 Å². The number of nitrogens with zero attached hydrogens (tertiary/aromatic N) is 4. The van der Waals surface area contributed by atoms with E-state index in [1.54, 1.807) is 22.6 Å². The first-order valence-corrected chi connectivity index (χ1v) is 11.0. The van der Waals surface area contributed by atoms with E-state index >= 15 is 0 Å². The van der Waals surface area contributed by atoms with Crippen molar-refractivity contribution in [1.82, 2.24) is 4.57 Å². The van der Waals surface area contributed by atoms with E-state index in [4.69, 9.17) is 4.74 Å². The molecule has 1 saturated heterocycles. The van der Waals surface area contributed by atoms with Gasteiger partial charge in [-0.25, -0.2) is 0 Å². The van der Waals surface area contributed by atoms with Crippen LogP contribution in [0.15, 0.2) is 53.3 Å². The van der Waals surface area contributed by atoms with E-state index in [0.717, 1.165) is 41.1 Å². The smallest absolute Gasteiger partial charge is 0.258 e. The van der Waals surface area contributed by atoms with Crippen molar-refractivity contribution in [1.29, 1.82) is 0 Å². The minimum atomic E-state index is -0.0774. The largest absolute Gasteiger partial charge is 0.378 e. The van der Waals surface area contributed by atoms with Crippen LogP contribution in [0.1, 0.15) is 17.3 Å². The normalized spacial score (nSPS) is 13.9. The first-order chi connectivity index (χ1) is 15.4. The van der Waals surface area contributed by atoms with E-state index in [2.05, 4.69) is 4.90 Å². The zero-order chi connectivity index (χ0) is 22.8. The van der Waals surface area contributed by atoms with Gasteiger partial charge in [-0.1, -0.05) is 0 Å². The average molecular weight is 435 g/mol. The van der Waals surface area contributed by atoms with Crippen LogP contribution in [0.3, 0.4) is 0 Å². The number of aromatic nitrogens is 1. The molecule has 7 nitrogen and oxygen atoms in total. The highest BCUT2D eigenvalue weighted by molar-refractivity contribution is 6.07. The Morgan fingerprint density at radius 2 is 1.62 bits per heavy atom. The number of hydrogen-bond donors (Lipinski definition) is 0. The van der Waals surface area contributed by atoms with Crippen molar-refractivity contribution >= 4 is 33.9 Å². The summed E-state index contributed by atoms with van der Waals surface area (Å²) < 4.78 is 7.26. The van der Waals surface area contributed by atoms with Crippen LogP contribution >= 0.6 is 0 Å². The van der Waals surface area contributed by atoms with Crippen LogP contribution in [0, 0.1) is 0 Å². The third-order valence-electron chi connectivity index (χ3n) is 6.06. The molecule has 1 amide bonds. The van der Waals surface area contributed by atoms with Crippen LogP contribution in [0.4, 0.5) is 17.1 Å². The highest BCUT2D eigenvalue weighted by Gasteiger charge is 2.19. The molecule has 0 spiro atoms. The maximum absolute atomic E-state index is 13.2. The molecule has 0 radical (unpaired) electrons. The molecule has 1 aliphatic heterocycles. The molecule has 168 valence electrons. The van der Waals surface area contributed by atoms with Crippen molar-refractivity contribution in [2.75, 3.05) is 62.1 Å². The fourth-order valence-electron chi connectivity index (χ4n) is 4.17. The van der Waals surface area contributed by atoms with E-state index in [-0.39, 0.29) is 11.5 Å². The van der Waals surface area contributed by atoms with Gasteiger partial charge >= 0.3 is 0 Å². The molecule has 0 unspecified atom stereocenters. The van der Waals surface area contributed by atoms with Gasteiger partial charge in [-0.05, 0) is 49.4 Å².